The number of rotatable bonds is 4. The number of ether oxygens (including phenoxy) is 1. The molecule has 0 spiro atoms. The predicted molar refractivity (Wildman–Crippen MR) is 66.4 cm³/mol. The van der Waals surface area contributed by atoms with Gasteiger partial charge in [-0.05, 0) is 12.8 Å². The van der Waals surface area contributed by atoms with Gasteiger partial charge in [-0.15, -0.1) is 0 Å². The number of hydrogen-bond donors (Lipinski definition) is 1. The van der Waals surface area contributed by atoms with Crippen LogP contribution in [0.5, 0.6) is 0 Å². The van der Waals surface area contributed by atoms with E-state index in [0.29, 0.717) is 13.2 Å². The summed E-state index contributed by atoms with van der Waals surface area (Å²) in [5.74, 6) is 0.0247. The highest BCUT2D eigenvalue weighted by Crippen LogP contribution is 2.21. The first-order chi connectivity index (χ1) is 8.43. The molecule has 0 amide bonds. The second-order valence-electron chi connectivity index (χ2n) is 4.47. The third-order valence-electron chi connectivity index (χ3n) is 3.05. The Morgan fingerprint density at radius 2 is 2.39 bits per heavy atom. The van der Waals surface area contributed by atoms with Gasteiger partial charge in [0.2, 0.25) is 0 Å². The van der Waals surface area contributed by atoms with Gasteiger partial charge < -0.3 is 15.0 Å². The molecule has 1 aliphatic heterocycles. The van der Waals surface area contributed by atoms with Gasteiger partial charge >= 0.3 is 0 Å². The van der Waals surface area contributed by atoms with Crippen molar-refractivity contribution in [2.24, 2.45) is 7.05 Å². The molecule has 2 heterocycles. The SMILES string of the molecule is CN(CC1CCCO1)S(=O)(=O)c1c(N)ncn1C. The summed E-state index contributed by atoms with van der Waals surface area (Å²) in [6.07, 6.45) is 3.23. The molecule has 0 aliphatic carbocycles. The Balaban J connectivity index is 2.20. The molecule has 8 heteroatoms. The van der Waals surface area contributed by atoms with Crippen molar-refractivity contribution < 1.29 is 13.2 Å². The average Bonchev–Trinajstić information content (AvgIpc) is 2.89. The molecule has 1 aliphatic rings. The summed E-state index contributed by atoms with van der Waals surface area (Å²) in [7, 11) is -0.477. The van der Waals surface area contributed by atoms with Crippen LogP contribution in [0.15, 0.2) is 11.4 Å². The van der Waals surface area contributed by atoms with Gasteiger partial charge in [-0.3, -0.25) is 0 Å². The first-order valence-electron chi connectivity index (χ1n) is 5.77. The zero-order valence-corrected chi connectivity index (χ0v) is 11.4. The summed E-state index contributed by atoms with van der Waals surface area (Å²) >= 11 is 0. The fourth-order valence-electron chi connectivity index (χ4n) is 2.07. The summed E-state index contributed by atoms with van der Waals surface area (Å²) < 4.78 is 32.8. The Morgan fingerprint density at radius 1 is 1.67 bits per heavy atom. The average molecular weight is 274 g/mol. The van der Waals surface area contributed by atoms with E-state index in [0.717, 1.165) is 12.8 Å². The van der Waals surface area contributed by atoms with Crippen molar-refractivity contribution in [2.75, 3.05) is 25.9 Å². The van der Waals surface area contributed by atoms with Gasteiger partial charge in [0.15, 0.2) is 10.8 Å². The Kier molecular flexibility index (Phi) is 3.60. The minimum Gasteiger partial charge on any atom is -0.381 e. The number of likely N-dealkylation sites (N-methyl/N-ethyl adjacent to an activating group) is 1. The van der Waals surface area contributed by atoms with Gasteiger partial charge in [0.05, 0.1) is 12.4 Å². The molecule has 0 radical (unpaired) electrons. The number of aromatic nitrogens is 2. The van der Waals surface area contributed by atoms with E-state index in [1.165, 1.54) is 22.2 Å². The Labute approximate surface area is 107 Å². The van der Waals surface area contributed by atoms with Crippen LogP contribution in [0.25, 0.3) is 0 Å². The number of imidazole rings is 1. The number of aryl methyl sites for hydroxylation is 1. The van der Waals surface area contributed by atoms with Crippen LogP contribution >= 0.6 is 0 Å². The van der Waals surface area contributed by atoms with E-state index < -0.39 is 10.0 Å². The zero-order chi connectivity index (χ0) is 13.3. The summed E-state index contributed by atoms with van der Waals surface area (Å²) in [5, 5.41) is 0.0306. The van der Waals surface area contributed by atoms with Gasteiger partial charge in [0.1, 0.15) is 0 Å². The molecule has 1 aromatic rings. The van der Waals surface area contributed by atoms with E-state index in [9.17, 15) is 8.42 Å². The number of nitrogens with zero attached hydrogens (tertiary/aromatic N) is 3. The molecule has 18 heavy (non-hydrogen) atoms. The van der Waals surface area contributed by atoms with Crippen molar-refractivity contribution >= 4 is 15.8 Å². The van der Waals surface area contributed by atoms with E-state index in [4.69, 9.17) is 10.5 Å². The van der Waals surface area contributed by atoms with Crippen molar-refractivity contribution in [1.29, 1.82) is 0 Å². The summed E-state index contributed by atoms with van der Waals surface area (Å²) in [6, 6.07) is 0. The molecule has 0 saturated carbocycles. The lowest BCUT2D eigenvalue weighted by Gasteiger charge is -2.20. The summed E-state index contributed by atoms with van der Waals surface area (Å²) in [6.45, 7) is 1.04. The third-order valence-corrected chi connectivity index (χ3v) is 5.00. The molecule has 1 atom stereocenters. The second-order valence-corrected chi connectivity index (χ2v) is 6.43. The van der Waals surface area contributed by atoms with Crippen LogP contribution in [0.1, 0.15) is 12.8 Å². The van der Waals surface area contributed by atoms with E-state index in [-0.39, 0.29) is 16.9 Å². The minimum absolute atomic E-state index is 0.0247. The Hall–Kier alpha value is -1.12. The number of anilines is 1. The molecule has 1 fully saturated rings. The van der Waals surface area contributed by atoms with E-state index in [1.54, 1.807) is 7.05 Å². The normalized spacial score (nSPS) is 20.7. The molecular weight excluding hydrogens is 256 g/mol. The quantitative estimate of drug-likeness (QED) is 0.821. The first-order valence-corrected chi connectivity index (χ1v) is 7.21. The van der Waals surface area contributed by atoms with Gasteiger partial charge in [0, 0.05) is 27.2 Å². The molecule has 1 unspecified atom stereocenters. The molecular formula is C10H18N4O3S. The van der Waals surface area contributed by atoms with Crippen molar-refractivity contribution in [3.05, 3.63) is 6.33 Å². The summed E-state index contributed by atoms with van der Waals surface area (Å²) in [4.78, 5) is 3.80. The maximum Gasteiger partial charge on any atom is 0.262 e. The largest absolute Gasteiger partial charge is 0.381 e. The smallest absolute Gasteiger partial charge is 0.262 e. The van der Waals surface area contributed by atoms with Crippen LogP contribution in [0.2, 0.25) is 0 Å². The highest BCUT2D eigenvalue weighted by atomic mass is 32.2. The van der Waals surface area contributed by atoms with Gasteiger partial charge in [-0.1, -0.05) is 0 Å². The standard InChI is InChI=1S/C10H18N4O3S/c1-13-7-12-9(11)10(13)18(15,16)14(2)6-8-4-3-5-17-8/h7-8H,3-6,11H2,1-2H3. The highest BCUT2D eigenvalue weighted by molar-refractivity contribution is 7.89. The maximum absolute atomic E-state index is 12.4. The van der Waals surface area contributed by atoms with Crippen LogP contribution in [-0.4, -0.2) is 48.6 Å². The lowest BCUT2D eigenvalue weighted by atomic mass is 10.2. The lowest BCUT2D eigenvalue weighted by molar-refractivity contribution is 0.0978. The molecule has 1 aromatic heterocycles. The number of hydrogen-bond acceptors (Lipinski definition) is 5. The monoisotopic (exact) mass is 274 g/mol. The van der Waals surface area contributed by atoms with E-state index in [2.05, 4.69) is 4.98 Å². The van der Waals surface area contributed by atoms with Gasteiger partial charge in [-0.25, -0.2) is 13.4 Å². The van der Waals surface area contributed by atoms with Crippen molar-refractivity contribution in [3.63, 3.8) is 0 Å². The van der Waals surface area contributed by atoms with Crippen LogP contribution in [-0.2, 0) is 21.8 Å². The second kappa shape index (κ2) is 4.87. The van der Waals surface area contributed by atoms with Crippen molar-refractivity contribution in [3.8, 4) is 0 Å². The van der Waals surface area contributed by atoms with Crippen LogP contribution in [0.3, 0.4) is 0 Å². The maximum atomic E-state index is 12.4. The Bertz CT molecular complexity index is 500. The first kappa shape index (κ1) is 13.3. The molecule has 0 bridgehead atoms. The molecule has 2 rings (SSSR count). The summed E-state index contributed by atoms with van der Waals surface area (Å²) in [5.41, 5.74) is 5.60. The fourth-order valence-corrected chi connectivity index (χ4v) is 3.46. The van der Waals surface area contributed by atoms with Crippen molar-refractivity contribution in [1.82, 2.24) is 13.9 Å². The van der Waals surface area contributed by atoms with Crippen molar-refractivity contribution in [2.45, 2.75) is 24.0 Å². The third kappa shape index (κ3) is 2.36. The van der Waals surface area contributed by atoms with Crippen LogP contribution < -0.4 is 5.73 Å². The topological polar surface area (TPSA) is 90.4 Å². The van der Waals surface area contributed by atoms with Gasteiger partial charge in [0.25, 0.3) is 10.0 Å². The zero-order valence-electron chi connectivity index (χ0n) is 10.5. The predicted octanol–water partition coefficient (Wildman–Crippen LogP) is -0.198. The number of sulfonamides is 1. The van der Waals surface area contributed by atoms with Gasteiger partial charge in [-0.2, -0.15) is 4.31 Å². The van der Waals surface area contributed by atoms with Crippen LogP contribution in [0.4, 0.5) is 5.82 Å². The molecule has 7 nitrogen and oxygen atoms in total. The van der Waals surface area contributed by atoms with E-state index >= 15 is 0 Å². The highest BCUT2D eigenvalue weighted by Gasteiger charge is 2.30. The Morgan fingerprint density at radius 3 is 2.89 bits per heavy atom. The number of nitrogen functional groups attached to an aromatic ring is 1. The fraction of sp³-hybridized carbons (Fsp3) is 0.700. The van der Waals surface area contributed by atoms with E-state index in [1.807, 2.05) is 0 Å². The molecule has 2 N–H and O–H groups in total. The molecule has 102 valence electrons. The minimum atomic E-state index is -3.62. The lowest BCUT2D eigenvalue weighted by Crippen LogP contribution is -2.35. The molecule has 1 saturated heterocycles. The van der Waals surface area contributed by atoms with Crippen LogP contribution in [0, 0.1) is 0 Å². The number of nitrogens with two attached hydrogens (primary N) is 1. The molecule has 0 aromatic carbocycles.